The molecule has 5 nitrogen and oxygen atoms in total. The van der Waals surface area contributed by atoms with Gasteiger partial charge in [0, 0.05) is 25.7 Å². The predicted octanol–water partition coefficient (Wildman–Crippen LogP) is 8.42. The third-order valence-electron chi connectivity index (χ3n) is 5.94. The molecule has 1 aliphatic rings. The number of carbonyl (C=O) groups is 2. The van der Waals surface area contributed by atoms with E-state index in [0.29, 0.717) is 5.56 Å². The van der Waals surface area contributed by atoms with Gasteiger partial charge in [0.1, 0.15) is 15.8 Å². The Labute approximate surface area is 246 Å². The van der Waals surface area contributed by atoms with Gasteiger partial charge >= 0.3 is 0 Å². The van der Waals surface area contributed by atoms with Gasteiger partial charge in [-0.2, -0.15) is 0 Å². The molecule has 0 unspecified atom stereocenters. The molecule has 2 N–H and O–H groups in total. The van der Waals surface area contributed by atoms with Crippen LogP contribution in [0.25, 0.3) is 0 Å². The molecule has 4 rings (SSSR count). The van der Waals surface area contributed by atoms with Crippen molar-refractivity contribution in [2.75, 3.05) is 29.6 Å². The molecule has 0 aliphatic heterocycles. The lowest BCUT2D eigenvalue weighted by Crippen LogP contribution is -2.19. The third-order valence-corrected chi connectivity index (χ3v) is 8.41. The molecule has 2 atom stereocenters. The minimum Gasteiger partial charge on any atom is -0.373 e. The topological polar surface area (TPSA) is 61.4 Å². The van der Waals surface area contributed by atoms with E-state index in [-0.39, 0.29) is 42.7 Å². The van der Waals surface area contributed by atoms with E-state index in [2.05, 4.69) is 10.6 Å². The van der Waals surface area contributed by atoms with E-state index in [0.717, 1.165) is 12.1 Å². The van der Waals surface area contributed by atoms with Crippen molar-refractivity contribution in [1.82, 2.24) is 0 Å². The monoisotopic (exact) mass is 639 g/mol. The second-order valence-electron chi connectivity index (χ2n) is 8.72. The van der Waals surface area contributed by atoms with E-state index in [1.807, 2.05) is 0 Å². The van der Waals surface area contributed by atoms with Crippen molar-refractivity contribution < 1.29 is 18.4 Å². The molecule has 0 spiro atoms. The number of amides is 2. The Kier molecular flexibility index (Phi) is 8.30. The summed E-state index contributed by atoms with van der Waals surface area (Å²) in [4.78, 5) is 27.2. The Morgan fingerprint density at radius 3 is 2.13 bits per heavy atom. The highest BCUT2D eigenvalue weighted by molar-refractivity contribution is 6.54. The highest BCUT2D eigenvalue weighted by Crippen LogP contribution is 2.65. The van der Waals surface area contributed by atoms with Gasteiger partial charge in [-0.3, -0.25) is 9.59 Å². The molecule has 0 bridgehead atoms. The number of rotatable bonds is 6. The summed E-state index contributed by atoms with van der Waals surface area (Å²) in [5, 5.41) is 5.62. The maximum absolute atomic E-state index is 14.8. The summed E-state index contributed by atoms with van der Waals surface area (Å²) >= 11 is 37.2. The molecule has 1 fully saturated rings. The zero-order chi connectivity index (χ0) is 28.1. The Morgan fingerprint density at radius 2 is 1.53 bits per heavy atom. The van der Waals surface area contributed by atoms with Crippen LogP contribution in [0.5, 0.6) is 0 Å². The molecule has 0 aromatic heterocycles. The fourth-order valence-electron chi connectivity index (χ4n) is 4.06. The van der Waals surface area contributed by atoms with E-state index in [9.17, 15) is 18.4 Å². The van der Waals surface area contributed by atoms with Crippen LogP contribution >= 0.6 is 69.6 Å². The summed E-state index contributed by atoms with van der Waals surface area (Å²) in [6.07, 6.45) is 0. The third kappa shape index (κ3) is 5.51. The Hall–Kier alpha value is -2.00. The standard InChI is InChI=1S/C25H17Cl6F2N3O2/c1-36(2)22-16(32)5-6-17(21(22)33)35-23(37)12-9-11(3-4-13(12)26)34-24(38)19-18(25(19,30)31)10-7-14(27)20(29)15(28)8-10/h3-9,18-19H,1-2H3,(H,34,38)(H,35,37)/t18-,19+/m0/s1. The number of hydrogen-bond acceptors (Lipinski definition) is 3. The normalized spacial score (nSPS) is 17.6. The smallest absolute Gasteiger partial charge is 0.257 e. The molecule has 2 amide bonds. The van der Waals surface area contributed by atoms with Crippen LogP contribution in [0.4, 0.5) is 25.8 Å². The fraction of sp³-hybridized carbons (Fsp3) is 0.200. The quantitative estimate of drug-likeness (QED) is 0.210. The maximum atomic E-state index is 14.8. The largest absolute Gasteiger partial charge is 0.373 e. The van der Waals surface area contributed by atoms with Crippen molar-refractivity contribution >= 4 is 98.5 Å². The van der Waals surface area contributed by atoms with Crippen molar-refractivity contribution in [1.29, 1.82) is 0 Å². The molecular formula is C25H17Cl6F2N3O2. The molecule has 3 aromatic carbocycles. The summed E-state index contributed by atoms with van der Waals surface area (Å²) < 4.78 is 27.4. The number of hydrogen-bond donors (Lipinski definition) is 2. The summed E-state index contributed by atoms with van der Waals surface area (Å²) in [6.45, 7) is 0. The first-order valence-corrected chi connectivity index (χ1v) is 13.1. The van der Waals surface area contributed by atoms with Gasteiger partial charge in [-0.05, 0) is 48.0 Å². The van der Waals surface area contributed by atoms with Gasteiger partial charge in [0.2, 0.25) is 5.91 Å². The number of carbonyl (C=O) groups excluding carboxylic acids is 2. The minimum atomic E-state index is -1.44. The van der Waals surface area contributed by atoms with Crippen molar-refractivity contribution in [2.45, 2.75) is 10.3 Å². The van der Waals surface area contributed by atoms with Gasteiger partial charge in [-0.25, -0.2) is 8.78 Å². The highest BCUT2D eigenvalue weighted by Gasteiger charge is 2.67. The van der Waals surface area contributed by atoms with Crippen LogP contribution in [-0.4, -0.2) is 30.2 Å². The van der Waals surface area contributed by atoms with Gasteiger partial charge in [-0.1, -0.05) is 46.4 Å². The van der Waals surface area contributed by atoms with Crippen molar-refractivity contribution in [3.63, 3.8) is 0 Å². The second kappa shape index (κ2) is 10.9. The van der Waals surface area contributed by atoms with E-state index in [1.54, 1.807) is 0 Å². The molecule has 0 heterocycles. The molecular weight excluding hydrogens is 625 g/mol. The molecule has 1 saturated carbocycles. The zero-order valence-electron chi connectivity index (χ0n) is 19.5. The number of nitrogens with zero attached hydrogens (tertiary/aromatic N) is 1. The van der Waals surface area contributed by atoms with Crippen molar-refractivity contribution in [2.24, 2.45) is 5.92 Å². The molecule has 38 heavy (non-hydrogen) atoms. The van der Waals surface area contributed by atoms with Crippen LogP contribution in [0, 0.1) is 17.6 Å². The Balaban J connectivity index is 1.54. The molecule has 13 heteroatoms. The fourth-order valence-corrected chi connectivity index (χ4v) is 5.70. The van der Waals surface area contributed by atoms with Crippen LogP contribution < -0.4 is 15.5 Å². The van der Waals surface area contributed by atoms with Gasteiger partial charge in [0.25, 0.3) is 5.91 Å². The maximum Gasteiger partial charge on any atom is 0.257 e. The summed E-state index contributed by atoms with van der Waals surface area (Å²) in [5.74, 6) is -4.54. The van der Waals surface area contributed by atoms with E-state index < -0.39 is 39.6 Å². The first-order chi connectivity index (χ1) is 17.7. The van der Waals surface area contributed by atoms with Crippen LogP contribution in [0.15, 0.2) is 42.5 Å². The van der Waals surface area contributed by atoms with E-state index >= 15 is 0 Å². The van der Waals surface area contributed by atoms with Crippen molar-refractivity contribution in [3.8, 4) is 0 Å². The second-order valence-corrected chi connectivity index (χ2v) is 11.8. The summed E-state index contributed by atoms with van der Waals surface area (Å²) in [7, 11) is 2.93. The molecule has 1 aliphatic carbocycles. The summed E-state index contributed by atoms with van der Waals surface area (Å²) in [5.41, 5.74) is 0.110. The lowest BCUT2D eigenvalue weighted by Gasteiger charge is -2.17. The first-order valence-electron chi connectivity index (χ1n) is 10.8. The summed E-state index contributed by atoms with van der Waals surface area (Å²) in [6, 6.07) is 9.36. The lowest BCUT2D eigenvalue weighted by molar-refractivity contribution is -0.117. The van der Waals surface area contributed by atoms with Gasteiger partial charge in [0.05, 0.1) is 37.3 Å². The number of halogens is 8. The Bertz CT molecular complexity index is 1440. The average Bonchev–Trinajstić information content (AvgIpc) is 3.42. The first kappa shape index (κ1) is 29.0. The van der Waals surface area contributed by atoms with Crippen LogP contribution in [0.3, 0.4) is 0 Å². The number of nitrogens with one attached hydrogen (secondary N) is 2. The van der Waals surface area contributed by atoms with Gasteiger partial charge in [-0.15, -0.1) is 23.2 Å². The number of alkyl halides is 2. The molecule has 0 radical (unpaired) electrons. The predicted molar refractivity (Wildman–Crippen MR) is 151 cm³/mol. The SMILES string of the molecule is CN(C)c1c(F)ccc(NC(=O)c2cc(NC(=O)[C@H]3[C@H](c4cc(Cl)c(Cl)c(Cl)c4)C3(Cl)Cl)ccc2Cl)c1F. The van der Waals surface area contributed by atoms with Crippen LogP contribution in [-0.2, 0) is 4.79 Å². The number of anilines is 3. The minimum absolute atomic E-state index is 0.0367. The molecule has 200 valence electrons. The van der Waals surface area contributed by atoms with E-state index in [4.69, 9.17) is 69.6 Å². The molecule has 3 aromatic rings. The van der Waals surface area contributed by atoms with Crippen LogP contribution in [0.1, 0.15) is 21.8 Å². The zero-order valence-corrected chi connectivity index (χ0v) is 24.0. The lowest BCUT2D eigenvalue weighted by atomic mass is 10.1. The van der Waals surface area contributed by atoms with Gasteiger partial charge in [0.15, 0.2) is 5.82 Å². The average molecular weight is 642 g/mol. The number of benzene rings is 3. The van der Waals surface area contributed by atoms with Crippen LogP contribution in [0.2, 0.25) is 20.1 Å². The van der Waals surface area contributed by atoms with E-state index in [1.165, 1.54) is 49.3 Å². The highest BCUT2D eigenvalue weighted by atomic mass is 35.5. The molecule has 0 saturated heterocycles. The Morgan fingerprint density at radius 1 is 0.895 bits per heavy atom. The van der Waals surface area contributed by atoms with Gasteiger partial charge < -0.3 is 15.5 Å². The van der Waals surface area contributed by atoms with Crippen molar-refractivity contribution in [3.05, 3.63) is 85.3 Å².